The van der Waals surface area contributed by atoms with Gasteiger partial charge >= 0.3 is 0 Å². The molecule has 2 heterocycles. The summed E-state index contributed by atoms with van der Waals surface area (Å²) in [6.07, 6.45) is 8.36. The molecule has 0 aliphatic carbocycles. The molecule has 0 unspecified atom stereocenters. The first kappa shape index (κ1) is 23.2. The SMILES string of the molecule is CC(C)N1CCC(C(C)(C)CCC(C)(C)C2CCN(C(C)(C)C)CC2)CC1. The van der Waals surface area contributed by atoms with Crippen LogP contribution >= 0.6 is 0 Å². The van der Waals surface area contributed by atoms with E-state index in [2.05, 4.69) is 72.1 Å². The number of rotatable bonds is 6. The van der Waals surface area contributed by atoms with Crippen molar-refractivity contribution >= 4 is 0 Å². The van der Waals surface area contributed by atoms with Crippen molar-refractivity contribution in [3.63, 3.8) is 0 Å². The maximum absolute atomic E-state index is 2.69. The molecule has 2 aliphatic rings. The normalized spacial score (nSPS) is 23.3. The van der Waals surface area contributed by atoms with Crippen molar-refractivity contribution in [1.29, 1.82) is 0 Å². The third-order valence-electron chi connectivity index (χ3n) is 8.33. The summed E-state index contributed by atoms with van der Waals surface area (Å²) >= 11 is 0. The van der Waals surface area contributed by atoms with Gasteiger partial charge in [0, 0.05) is 11.6 Å². The minimum atomic E-state index is 0.335. The molecule has 0 spiro atoms. The summed E-state index contributed by atoms with van der Waals surface area (Å²) < 4.78 is 0. The van der Waals surface area contributed by atoms with Gasteiger partial charge in [-0.05, 0) is 122 Å². The van der Waals surface area contributed by atoms with E-state index in [1.165, 1.54) is 64.7 Å². The number of hydrogen-bond donors (Lipinski definition) is 0. The van der Waals surface area contributed by atoms with Crippen LogP contribution in [0.4, 0.5) is 0 Å². The highest BCUT2D eigenvalue weighted by atomic mass is 15.2. The molecule has 0 saturated carbocycles. The molecule has 2 heteroatoms. The molecule has 160 valence electrons. The predicted octanol–water partition coefficient (Wildman–Crippen LogP) is 6.45. The molecule has 0 aromatic rings. The predicted molar refractivity (Wildman–Crippen MR) is 120 cm³/mol. The van der Waals surface area contributed by atoms with E-state index in [-0.39, 0.29) is 0 Å². The summed E-state index contributed by atoms with van der Waals surface area (Å²) in [6.45, 7) is 27.2. The van der Waals surface area contributed by atoms with Crippen LogP contribution in [0.1, 0.15) is 101 Å². The van der Waals surface area contributed by atoms with Crippen molar-refractivity contribution in [3.05, 3.63) is 0 Å². The Morgan fingerprint density at radius 3 is 1.37 bits per heavy atom. The highest BCUT2D eigenvalue weighted by Crippen LogP contribution is 2.45. The lowest BCUT2D eigenvalue weighted by Gasteiger charge is -2.47. The van der Waals surface area contributed by atoms with E-state index in [4.69, 9.17) is 0 Å². The van der Waals surface area contributed by atoms with Gasteiger partial charge in [-0.3, -0.25) is 4.90 Å². The lowest BCUT2D eigenvalue weighted by Crippen LogP contribution is -2.48. The molecular weight excluding hydrogens is 328 g/mol. The lowest BCUT2D eigenvalue weighted by atomic mass is 9.65. The molecule has 2 fully saturated rings. The molecule has 2 nitrogen and oxygen atoms in total. The van der Waals surface area contributed by atoms with Gasteiger partial charge in [-0.25, -0.2) is 0 Å². The molecule has 2 rings (SSSR count). The standard InChI is InChI=1S/C25H50N2/c1-20(2)26-16-10-21(11-17-26)24(6,7)14-15-25(8,9)22-12-18-27(19-13-22)23(3,4)5/h20-22H,10-19H2,1-9H3. The zero-order valence-corrected chi connectivity index (χ0v) is 20.2. The molecule has 0 bridgehead atoms. The van der Waals surface area contributed by atoms with Gasteiger partial charge in [0.2, 0.25) is 0 Å². The summed E-state index contributed by atoms with van der Waals surface area (Å²) in [5.74, 6) is 1.81. The summed E-state index contributed by atoms with van der Waals surface area (Å²) in [5, 5.41) is 0. The molecule has 0 N–H and O–H groups in total. The van der Waals surface area contributed by atoms with Gasteiger partial charge in [0.25, 0.3) is 0 Å². The van der Waals surface area contributed by atoms with E-state index in [0.29, 0.717) is 22.4 Å². The first-order valence-electron chi connectivity index (χ1n) is 11.8. The Morgan fingerprint density at radius 2 is 1.04 bits per heavy atom. The zero-order valence-electron chi connectivity index (χ0n) is 20.2. The molecule has 27 heavy (non-hydrogen) atoms. The van der Waals surface area contributed by atoms with Crippen LogP contribution in [0.5, 0.6) is 0 Å². The molecular formula is C25H50N2. The average Bonchev–Trinajstić information content (AvgIpc) is 2.60. The number of nitrogens with zero attached hydrogens (tertiary/aromatic N) is 2. The summed E-state index contributed by atoms with van der Waals surface area (Å²) in [5.41, 5.74) is 1.31. The van der Waals surface area contributed by atoms with E-state index in [9.17, 15) is 0 Å². The summed E-state index contributed by atoms with van der Waals surface area (Å²) in [4.78, 5) is 5.35. The molecule has 0 aromatic heterocycles. The van der Waals surface area contributed by atoms with Crippen molar-refractivity contribution < 1.29 is 0 Å². The maximum Gasteiger partial charge on any atom is 0.0125 e. The van der Waals surface area contributed by atoms with Crippen LogP contribution in [0.15, 0.2) is 0 Å². The van der Waals surface area contributed by atoms with Crippen LogP contribution in [0.3, 0.4) is 0 Å². The minimum absolute atomic E-state index is 0.335. The van der Waals surface area contributed by atoms with Crippen LogP contribution < -0.4 is 0 Å². The number of piperidine rings is 2. The van der Waals surface area contributed by atoms with E-state index in [1.54, 1.807) is 0 Å². The quantitative estimate of drug-likeness (QED) is 0.524. The summed E-state index contributed by atoms with van der Waals surface area (Å²) in [7, 11) is 0. The van der Waals surface area contributed by atoms with Crippen molar-refractivity contribution in [3.8, 4) is 0 Å². The fourth-order valence-corrected chi connectivity index (χ4v) is 5.58. The molecule has 2 aliphatic heterocycles. The van der Waals surface area contributed by atoms with Gasteiger partial charge < -0.3 is 4.90 Å². The van der Waals surface area contributed by atoms with Crippen LogP contribution in [0, 0.1) is 22.7 Å². The topological polar surface area (TPSA) is 6.48 Å². The molecule has 2 saturated heterocycles. The second-order valence-electron chi connectivity index (χ2n) is 12.3. The van der Waals surface area contributed by atoms with Gasteiger partial charge in [-0.2, -0.15) is 0 Å². The molecule has 0 aromatic carbocycles. The largest absolute Gasteiger partial charge is 0.301 e. The molecule has 0 radical (unpaired) electrons. The number of hydrogen-bond acceptors (Lipinski definition) is 2. The molecule has 0 amide bonds. The van der Waals surface area contributed by atoms with Crippen LogP contribution in [-0.2, 0) is 0 Å². The monoisotopic (exact) mass is 378 g/mol. The summed E-state index contributed by atoms with van der Waals surface area (Å²) in [6, 6.07) is 0.715. The van der Waals surface area contributed by atoms with Gasteiger partial charge in [0.15, 0.2) is 0 Å². The fourth-order valence-electron chi connectivity index (χ4n) is 5.58. The van der Waals surface area contributed by atoms with Crippen molar-refractivity contribution in [2.75, 3.05) is 26.2 Å². The van der Waals surface area contributed by atoms with Gasteiger partial charge in [-0.15, -0.1) is 0 Å². The third-order valence-corrected chi connectivity index (χ3v) is 8.33. The fraction of sp³-hybridized carbons (Fsp3) is 1.00. The Bertz CT molecular complexity index is 441. The minimum Gasteiger partial charge on any atom is -0.301 e. The second-order valence-corrected chi connectivity index (χ2v) is 12.3. The average molecular weight is 379 g/mol. The Morgan fingerprint density at radius 1 is 0.667 bits per heavy atom. The van der Waals surface area contributed by atoms with Crippen molar-refractivity contribution in [2.24, 2.45) is 22.7 Å². The van der Waals surface area contributed by atoms with Crippen molar-refractivity contribution in [1.82, 2.24) is 9.80 Å². The first-order valence-corrected chi connectivity index (χ1v) is 11.8. The Labute approximate surface area is 171 Å². The Hall–Kier alpha value is -0.0800. The third kappa shape index (κ3) is 6.20. The van der Waals surface area contributed by atoms with E-state index in [0.717, 1.165) is 11.8 Å². The van der Waals surface area contributed by atoms with Crippen LogP contribution in [0.2, 0.25) is 0 Å². The highest BCUT2D eigenvalue weighted by molar-refractivity contribution is 4.90. The first-order chi connectivity index (χ1) is 12.3. The van der Waals surface area contributed by atoms with Gasteiger partial charge in [0.05, 0.1) is 0 Å². The van der Waals surface area contributed by atoms with Gasteiger partial charge in [0.1, 0.15) is 0 Å². The molecule has 0 atom stereocenters. The highest BCUT2D eigenvalue weighted by Gasteiger charge is 2.38. The van der Waals surface area contributed by atoms with Crippen LogP contribution in [0.25, 0.3) is 0 Å². The Balaban J connectivity index is 1.83. The number of likely N-dealkylation sites (tertiary alicyclic amines) is 2. The maximum atomic E-state index is 2.69. The second kappa shape index (κ2) is 8.74. The van der Waals surface area contributed by atoms with Crippen molar-refractivity contribution in [2.45, 2.75) is 112 Å². The van der Waals surface area contributed by atoms with Gasteiger partial charge in [-0.1, -0.05) is 27.7 Å². The zero-order chi connectivity index (χ0) is 20.5. The lowest BCUT2D eigenvalue weighted by molar-refractivity contribution is 0.0280. The van der Waals surface area contributed by atoms with E-state index >= 15 is 0 Å². The Kier molecular flexibility index (Phi) is 7.51. The smallest absolute Gasteiger partial charge is 0.0125 e. The van der Waals surface area contributed by atoms with Crippen LogP contribution in [-0.4, -0.2) is 47.6 Å². The van der Waals surface area contributed by atoms with E-state index < -0.39 is 0 Å². The van der Waals surface area contributed by atoms with E-state index in [1.807, 2.05) is 0 Å².